The summed E-state index contributed by atoms with van der Waals surface area (Å²) in [4.78, 5) is 11.9. The van der Waals surface area contributed by atoms with Gasteiger partial charge in [0.05, 0.1) is 30.0 Å². The molecule has 7 aliphatic rings. The van der Waals surface area contributed by atoms with Gasteiger partial charge in [0.1, 0.15) is 31.0 Å². The lowest BCUT2D eigenvalue weighted by Crippen LogP contribution is -2.62. The van der Waals surface area contributed by atoms with Crippen molar-refractivity contribution >= 4 is 5.97 Å². The molecule has 17 unspecified atom stereocenters. The summed E-state index contributed by atoms with van der Waals surface area (Å²) in [6.45, 7) is 8.61. The minimum atomic E-state index is -1.22. The predicted octanol–water partition coefficient (Wildman–Crippen LogP) is 2.99. The third-order valence-electron chi connectivity index (χ3n) is 14.3. The molecule has 266 valence electrons. The molecule has 0 spiro atoms. The van der Waals surface area contributed by atoms with E-state index in [9.17, 15) is 25.2 Å². The molecule has 4 aliphatic carbocycles. The van der Waals surface area contributed by atoms with E-state index < -0.39 is 60.9 Å². The van der Waals surface area contributed by atoms with Crippen LogP contribution in [0.1, 0.15) is 91.9 Å². The van der Waals surface area contributed by atoms with E-state index in [1.807, 2.05) is 6.92 Å². The van der Waals surface area contributed by atoms with Gasteiger partial charge in [-0.15, -0.1) is 0 Å². The Hall–Kier alpha value is -1.15. The van der Waals surface area contributed by atoms with Crippen LogP contribution >= 0.6 is 0 Å². The molecule has 3 aliphatic heterocycles. The summed E-state index contributed by atoms with van der Waals surface area (Å²) in [7, 11) is 1.42. The van der Waals surface area contributed by atoms with Crippen LogP contribution in [-0.2, 0) is 33.2 Å². The van der Waals surface area contributed by atoms with Crippen LogP contribution in [0.5, 0.6) is 0 Å². The fourth-order valence-electron chi connectivity index (χ4n) is 11.6. The Balaban J connectivity index is 0.958. The van der Waals surface area contributed by atoms with E-state index in [0.717, 1.165) is 63.4 Å². The highest BCUT2D eigenvalue weighted by molar-refractivity contribution is 5.85. The van der Waals surface area contributed by atoms with Gasteiger partial charge in [-0.25, -0.2) is 4.79 Å². The zero-order valence-corrected chi connectivity index (χ0v) is 28.6. The van der Waals surface area contributed by atoms with Gasteiger partial charge in [0.15, 0.2) is 12.6 Å². The molecule has 4 N–H and O–H groups in total. The number of hydrogen-bond donors (Lipinski definition) is 4. The summed E-state index contributed by atoms with van der Waals surface area (Å²) < 4.78 is 35.1. The molecule has 11 heteroatoms. The van der Waals surface area contributed by atoms with Crippen molar-refractivity contribution in [3.05, 3.63) is 11.6 Å². The van der Waals surface area contributed by atoms with E-state index in [0.29, 0.717) is 18.4 Å². The van der Waals surface area contributed by atoms with E-state index >= 15 is 0 Å². The number of cyclic esters (lactones) is 1. The fraction of sp³-hybridized carbons (Fsp3) is 0.917. The van der Waals surface area contributed by atoms with Crippen molar-refractivity contribution < 1.29 is 53.6 Å². The maximum absolute atomic E-state index is 12.5. The Kier molecular flexibility index (Phi) is 9.17. The Bertz CT molecular complexity index is 1200. The van der Waals surface area contributed by atoms with Gasteiger partial charge in [-0.1, -0.05) is 13.8 Å². The topological polar surface area (TPSA) is 153 Å². The third-order valence-corrected chi connectivity index (χ3v) is 14.3. The van der Waals surface area contributed by atoms with Gasteiger partial charge in [0, 0.05) is 25.0 Å². The van der Waals surface area contributed by atoms with Crippen LogP contribution in [0, 0.1) is 34.5 Å². The number of fused-ring (bicyclic) bond motifs is 5. The highest BCUT2D eigenvalue weighted by Gasteiger charge is 2.67. The van der Waals surface area contributed by atoms with Crippen molar-refractivity contribution in [3.8, 4) is 0 Å². The average Bonchev–Trinajstić information content (AvgIpc) is 3.57. The van der Waals surface area contributed by atoms with Crippen molar-refractivity contribution in [2.45, 2.75) is 159 Å². The van der Waals surface area contributed by atoms with Gasteiger partial charge in [-0.2, -0.15) is 0 Å². The predicted molar refractivity (Wildman–Crippen MR) is 168 cm³/mol. The number of esters is 1. The monoisotopic (exact) mass is 664 g/mol. The number of ether oxygens (including phenoxy) is 6. The van der Waals surface area contributed by atoms with Crippen molar-refractivity contribution in [1.29, 1.82) is 0 Å². The number of methoxy groups -OCH3 is 1. The largest absolute Gasteiger partial charge is 0.458 e. The van der Waals surface area contributed by atoms with Crippen molar-refractivity contribution in [1.82, 2.24) is 0 Å². The van der Waals surface area contributed by atoms with Crippen LogP contribution in [0.2, 0.25) is 0 Å². The van der Waals surface area contributed by atoms with E-state index in [2.05, 4.69) is 13.8 Å². The van der Waals surface area contributed by atoms with Crippen LogP contribution in [0.3, 0.4) is 0 Å². The van der Waals surface area contributed by atoms with E-state index in [1.54, 1.807) is 13.0 Å². The highest BCUT2D eigenvalue weighted by Crippen LogP contribution is 2.70. The van der Waals surface area contributed by atoms with Gasteiger partial charge in [-0.3, -0.25) is 0 Å². The molecular weight excluding hydrogens is 608 g/mol. The molecule has 2 saturated heterocycles. The minimum Gasteiger partial charge on any atom is -0.458 e. The summed E-state index contributed by atoms with van der Waals surface area (Å²) in [6.07, 6.45) is 3.20. The highest BCUT2D eigenvalue weighted by atomic mass is 16.7. The molecule has 6 fully saturated rings. The molecular formula is C36H56O11. The lowest BCUT2D eigenvalue weighted by Gasteiger charge is -2.64. The lowest BCUT2D eigenvalue weighted by molar-refractivity contribution is -0.342. The van der Waals surface area contributed by atoms with Gasteiger partial charge in [0.2, 0.25) is 0 Å². The van der Waals surface area contributed by atoms with Crippen LogP contribution in [0.4, 0.5) is 0 Å². The van der Waals surface area contributed by atoms with Gasteiger partial charge >= 0.3 is 5.97 Å². The maximum atomic E-state index is 12.5. The quantitative estimate of drug-likeness (QED) is 0.245. The average molecular weight is 665 g/mol. The summed E-state index contributed by atoms with van der Waals surface area (Å²) in [5, 5.41) is 44.6. The SMILES string of the molecule is COC1C(O)C(C)OC(OC2C(O)CC(OC3CCC4(C)C(CCC5C4CCC4(C)C(C6=CC(=O)OC6)CCC54O)C3)OC2C)C1O. The molecule has 47 heavy (non-hydrogen) atoms. The van der Waals surface area contributed by atoms with Crippen molar-refractivity contribution in [2.75, 3.05) is 13.7 Å². The second kappa shape index (κ2) is 12.6. The van der Waals surface area contributed by atoms with Crippen LogP contribution in [0.15, 0.2) is 11.6 Å². The number of aliphatic hydroxyl groups is 4. The smallest absolute Gasteiger partial charge is 0.331 e. The number of aliphatic hydroxyl groups excluding tert-OH is 3. The molecule has 4 saturated carbocycles. The van der Waals surface area contributed by atoms with Crippen molar-refractivity contribution in [3.63, 3.8) is 0 Å². The second-order valence-electron chi connectivity index (χ2n) is 16.4. The van der Waals surface area contributed by atoms with Crippen LogP contribution < -0.4 is 0 Å². The molecule has 0 bridgehead atoms. The Labute approximate surface area is 278 Å². The fourth-order valence-corrected chi connectivity index (χ4v) is 11.6. The molecule has 7 rings (SSSR count). The Morgan fingerprint density at radius 3 is 2.34 bits per heavy atom. The minimum absolute atomic E-state index is 0.0273. The number of hydrogen-bond acceptors (Lipinski definition) is 11. The van der Waals surface area contributed by atoms with E-state index in [-0.39, 0.29) is 41.2 Å². The molecule has 3 heterocycles. The maximum Gasteiger partial charge on any atom is 0.331 e. The zero-order chi connectivity index (χ0) is 33.5. The summed E-state index contributed by atoms with van der Waals surface area (Å²) in [5.74, 6) is 1.16. The molecule has 0 amide bonds. The summed E-state index contributed by atoms with van der Waals surface area (Å²) in [5.41, 5.74) is 0.243. The first-order valence-electron chi connectivity index (χ1n) is 18.1. The molecule has 0 aromatic heterocycles. The first-order chi connectivity index (χ1) is 22.3. The number of carbonyl (C=O) groups excluding carboxylic acids is 1. The molecule has 0 aromatic rings. The third kappa shape index (κ3) is 5.55. The number of carbonyl (C=O) groups is 1. The molecule has 17 atom stereocenters. The van der Waals surface area contributed by atoms with Gasteiger partial charge in [-0.05, 0) is 106 Å². The second-order valence-corrected chi connectivity index (χ2v) is 16.4. The molecule has 11 nitrogen and oxygen atoms in total. The van der Waals surface area contributed by atoms with Crippen LogP contribution in [0.25, 0.3) is 0 Å². The summed E-state index contributed by atoms with van der Waals surface area (Å²) >= 11 is 0. The van der Waals surface area contributed by atoms with Gasteiger partial charge < -0.3 is 48.8 Å². The first-order valence-corrected chi connectivity index (χ1v) is 18.1. The summed E-state index contributed by atoms with van der Waals surface area (Å²) in [6, 6.07) is 0. The normalized spacial score (nSPS) is 54.7. The lowest BCUT2D eigenvalue weighted by atomic mass is 9.43. The van der Waals surface area contributed by atoms with E-state index in [4.69, 9.17) is 28.4 Å². The standard InChI is InChI=1S/C36H56O11/c1-18-29(39)32(42-5)30(40)33(45-18)47-31-19(2)44-28(16-26(31)37)46-22-8-11-34(3)21(15-22)6-7-25-24(34)9-12-35(4)23(10-13-36(25,35)41)20-14-27(38)43-17-20/h14,18-19,21-26,28-33,37,39-41H,6-13,15-17H2,1-5H3. The zero-order valence-electron chi connectivity index (χ0n) is 28.6. The number of rotatable bonds is 6. The first kappa shape index (κ1) is 34.3. The Morgan fingerprint density at radius 1 is 0.851 bits per heavy atom. The molecule has 0 aromatic carbocycles. The van der Waals surface area contributed by atoms with Crippen LogP contribution in [-0.4, -0.2) is 107 Å². The molecule has 0 radical (unpaired) electrons. The van der Waals surface area contributed by atoms with E-state index in [1.165, 1.54) is 7.11 Å². The Morgan fingerprint density at radius 2 is 1.64 bits per heavy atom. The van der Waals surface area contributed by atoms with Gasteiger partial charge in [0.25, 0.3) is 0 Å². The van der Waals surface area contributed by atoms with Crippen molar-refractivity contribution in [2.24, 2.45) is 34.5 Å².